The van der Waals surface area contributed by atoms with E-state index >= 15 is 0 Å². The van der Waals surface area contributed by atoms with Crippen LogP contribution in [0.15, 0.2) is 11.0 Å². The molecule has 14 heavy (non-hydrogen) atoms. The van der Waals surface area contributed by atoms with E-state index in [2.05, 4.69) is 4.98 Å². The van der Waals surface area contributed by atoms with Crippen LogP contribution < -0.4 is 0 Å². The van der Waals surface area contributed by atoms with E-state index in [9.17, 15) is 17.6 Å². The molecule has 0 aliphatic carbocycles. The summed E-state index contributed by atoms with van der Waals surface area (Å²) in [5.41, 5.74) is 0.165. The fourth-order valence-electron chi connectivity index (χ4n) is 1.60. The monoisotopic (exact) mass is 217 g/mol. The number of nitrogens with one attached hydrogen (secondary N) is 1. The summed E-state index contributed by atoms with van der Waals surface area (Å²) in [6.07, 6.45) is 1.05. The van der Waals surface area contributed by atoms with Gasteiger partial charge in [0.05, 0.1) is 10.6 Å². The fourth-order valence-corrected chi connectivity index (χ4v) is 3.17. The third-order valence-corrected chi connectivity index (χ3v) is 4.11. The van der Waals surface area contributed by atoms with Gasteiger partial charge in [-0.15, -0.1) is 0 Å². The third kappa shape index (κ3) is 1.35. The molecule has 2 heterocycles. The van der Waals surface area contributed by atoms with E-state index in [4.69, 9.17) is 0 Å². The molecule has 0 saturated carbocycles. The number of carbonyl (C=O) groups excluding carboxylic acids is 1. The lowest BCUT2D eigenvalue weighted by Crippen LogP contribution is -2.14. The zero-order valence-corrected chi connectivity index (χ0v) is 8.03. The molecule has 1 aromatic rings. The Morgan fingerprint density at radius 1 is 1.50 bits per heavy atom. The van der Waals surface area contributed by atoms with Gasteiger partial charge in [0.2, 0.25) is 0 Å². The number of aromatic nitrogens is 1. The zero-order valence-electron chi connectivity index (χ0n) is 7.21. The molecule has 0 amide bonds. The highest BCUT2D eigenvalue weighted by molar-refractivity contribution is 7.91. The summed E-state index contributed by atoms with van der Waals surface area (Å²) in [6.45, 7) is 0. The number of rotatable bonds is 1. The lowest BCUT2D eigenvalue weighted by Gasteiger charge is -2.10. The normalized spacial score (nSPS) is 18.9. The Labute approximate surface area is 80.0 Å². The highest BCUT2D eigenvalue weighted by atomic mass is 32.2. The van der Waals surface area contributed by atoms with Gasteiger partial charge in [-0.3, -0.25) is 4.79 Å². The first-order chi connectivity index (χ1) is 6.50. The van der Waals surface area contributed by atoms with Gasteiger partial charge in [-0.2, -0.15) is 4.39 Å². The van der Waals surface area contributed by atoms with Crippen molar-refractivity contribution in [2.45, 2.75) is 17.7 Å². The number of hydrogen-bond donors (Lipinski definition) is 1. The predicted molar refractivity (Wildman–Crippen MR) is 46.6 cm³/mol. The molecule has 0 radical (unpaired) electrons. The van der Waals surface area contributed by atoms with E-state index in [1.807, 2.05) is 0 Å². The Morgan fingerprint density at radius 2 is 2.21 bits per heavy atom. The summed E-state index contributed by atoms with van der Waals surface area (Å²) in [6, 6.07) is -0.554. The van der Waals surface area contributed by atoms with Gasteiger partial charge in [-0.25, -0.2) is 8.42 Å². The minimum absolute atomic E-state index is 0.0672. The van der Waals surface area contributed by atoms with E-state index in [0.717, 1.165) is 6.07 Å². The maximum atomic E-state index is 12.3. The van der Waals surface area contributed by atoms with Crippen molar-refractivity contribution < 1.29 is 17.6 Å². The summed E-state index contributed by atoms with van der Waals surface area (Å²) in [4.78, 5) is 12.9. The molecule has 0 aromatic carbocycles. The molecule has 1 aliphatic rings. The summed E-state index contributed by atoms with van der Waals surface area (Å²) in [7, 11) is -3.30. The first-order valence-corrected chi connectivity index (χ1v) is 5.80. The van der Waals surface area contributed by atoms with Crippen LogP contribution in [0.5, 0.6) is 0 Å². The third-order valence-electron chi connectivity index (χ3n) is 2.25. The molecule has 6 heteroatoms. The molecule has 1 N–H and O–H groups in total. The van der Waals surface area contributed by atoms with Crippen LogP contribution in [-0.4, -0.2) is 25.2 Å². The zero-order chi connectivity index (χ0) is 10.3. The SMILES string of the molecule is O=C(F)c1cc2c([nH]1)CCCS2(=O)=O. The molecule has 1 aliphatic heterocycles. The number of aromatic amines is 1. The molecule has 1 aromatic heterocycles. The molecule has 76 valence electrons. The minimum atomic E-state index is -3.30. The van der Waals surface area contributed by atoms with Crippen LogP contribution in [0.1, 0.15) is 22.6 Å². The summed E-state index contributed by atoms with van der Waals surface area (Å²) < 4.78 is 35.2. The standard InChI is InChI=1S/C8H8FNO3S/c9-8(11)6-4-7-5(10-6)2-1-3-14(7,12)13/h4,10H,1-3H2. The second-order valence-electron chi connectivity index (χ2n) is 3.22. The van der Waals surface area contributed by atoms with Crippen molar-refractivity contribution in [3.63, 3.8) is 0 Å². The molecule has 0 fully saturated rings. The lowest BCUT2D eigenvalue weighted by molar-refractivity contribution is 0.0830. The van der Waals surface area contributed by atoms with Crippen LogP contribution in [0.2, 0.25) is 0 Å². The molecule has 0 saturated heterocycles. The van der Waals surface area contributed by atoms with Gasteiger partial charge in [0.15, 0.2) is 9.84 Å². The van der Waals surface area contributed by atoms with Crippen LogP contribution in [0.4, 0.5) is 4.39 Å². The highest BCUT2D eigenvalue weighted by Gasteiger charge is 2.27. The van der Waals surface area contributed by atoms with Crippen molar-refractivity contribution in [3.8, 4) is 0 Å². The number of sulfone groups is 1. The number of fused-ring (bicyclic) bond motifs is 1. The summed E-state index contributed by atoms with van der Waals surface area (Å²) >= 11 is 0. The van der Waals surface area contributed by atoms with Gasteiger partial charge in [-0.05, 0) is 18.9 Å². The molecule has 0 unspecified atom stereocenters. The average molecular weight is 217 g/mol. The van der Waals surface area contributed by atoms with E-state index in [1.54, 1.807) is 0 Å². The molecule has 0 bridgehead atoms. The second kappa shape index (κ2) is 2.91. The van der Waals surface area contributed by atoms with Crippen LogP contribution in [0.3, 0.4) is 0 Å². The van der Waals surface area contributed by atoms with E-state index in [-0.39, 0.29) is 16.3 Å². The van der Waals surface area contributed by atoms with E-state index in [1.165, 1.54) is 0 Å². The number of carbonyl (C=O) groups is 1. The number of hydrogen-bond acceptors (Lipinski definition) is 3. The smallest absolute Gasteiger partial charge is 0.348 e. The molecule has 0 spiro atoms. The van der Waals surface area contributed by atoms with Gasteiger partial charge in [-0.1, -0.05) is 0 Å². The molecule has 4 nitrogen and oxygen atoms in total. The van der Waals surface area contributed by atoms with Crippen molar-refractivity contribution in [3.05, 3.63) is 17.5 Å². The van der Waals surface area contributed by atoms with Gasteiger partial charge in [0, 0.05) is 5.69 Å². The van der Waals surface area contributed by atoms with Gasteiger partial charge in [0.25, 0.3) is 0 Å². The lowest BCUT2D eigenvalue weighted by atomic mass is 10.2. The summed E-state index contributed by atoms with van der Waals surface area (Å²) in [5.74, 6) is 0.0672. The maximum absolute atomic E-state index is 12.3. The Morgan fingerprint density at radius 3 is 2.79 bits per heavy atom. The number of H-pyrrole nitrogens is 1. The van der Waals surface area contributed by atoms with Crippen molar-refractivity contribution in [2.75, 3.05) is 5.75 Å². The molecular weight excluding hydrogens is 209 g/mol. The van der Waals surface area contributed by atoms with E-state index in [0.29, 0.717) is 18.5 Å². The van der Waals surface area contributed by atoms with Gasteiger partial charge in [0.1, 0.15) is 5.69 Å². The van der Waals surface area contributed by atoms with Crippen molar-refractivity contribution in [1.29, 1.82) is 0 Å². The Balaban J connectivity index is 2.60. The largest absolute Gasteiger partial charge is 0.353 e. The van der Waals surface area contributed by atoms with Gasteiger partial charge >= 0.3 is 6.04 Å². The average Bonchev–Trinajstić information content (AvgIpc) is 2.48. The summed E-state index contributed by atoms with van der Waals surface area (Å²) in [5, 5.41) is 0. The molecular formula is C8H8FNO3S. The molecule has 2 rings (SSSR count). The minimum Gasteiger partial charge on any atom is -0.353 e. The van der Waals surface area contributed by atoms with E-state index < -0.39 is 15.9 Å². The topological polar surface area (TPSA) is 67.0 Å². The maximum Gasteiger partial charge on any atom is 0.348 e. The van der Waals surface area contributed by atoms with Crippen LogP contribution in [-0.2, 0) is 16.3 Å². The van der Waals surface area contributed by atoms with Gasteiger partial charge < -0.3 is 4.98 Å². The Hall–Kier alpha value is -1.17. The van der Waals surface area contributed by atoms with Crippen LogP contribution >= 0.6 is 0 Å². The van der Waals surface area contributed by atoms with Crippen LogP contribution in [0, 0.1) is 0 Å². The predicted octanol–water partition coefficient (Wildman–Crippen LogP) is 0.844. The second-order valence-corrected chi connectivity index (χ2v) is 5.30. The first-order valence-electron chi connectivity index (χ1n) is 4.15. The Bertz CT molecular complexity index is 489. The van der Waals surface area contributed by atoms with Crippen LogP contribution in [0.25, 0.3) is 0 Å². The van der Waals surface area contributed by atoms with Crippen molar-refractivity contribution in [2.24, 2.45) is 0 Å². The number of halogens is 1. The highest BCUT2D eigenvalue weighted by Crippen LogP contribution is 2.25. The van der Waals surface area contributed by atoms with Crippen molar-refractivity contribution >= 4 is 15.9 Å². The first kappa shape index (κ1) is 9.39. The fraction of sp³-hybridized carbons (Fsp3) is 0.375. The number of aryl methyl sites for hydroxylation is 1. The quantitative estimate of drug-likeness (QED) is 0.709. The molecule has 0 atom stereocenters. The van der Waals surface area contributed by atoms with Crippen molar-refractivity contribution in [1.82, 2.24) is 4.98 Å². The Kier molecular flexibility index (Phi) is 1.95.